The van der Waals surface area contributed by atoms with Crippen LogP contribution in [0.3, 0.4) is 0 Å². The van der Waals surface area contributed by atoms with Gasteiger partial charge in [-0.25, -0.2) is 4.79 Å². The third-order valence-electron chi connectivity index (χ3n) is 4.18. The third kappa shape index (κ3) is 4.85. The summed E-state index contributed by atoms with van der Waals surface area (Å²) in [5.74, 6) is -0.222. The zero-order chi connectivity index (χ0) is 21.0. The number of nitro groups is 1. The fraction of sp³-hybridized carbons (Fsp3) is 0.412. The Bertz CT molecular complexity index is 915. The van der Waals surface area contributed by atoms with E-state index in [9.17, 15) is 14.9 Å². The Morgan fingerprint density at radius 2 is 2.03 bits per heavy atom. The minimum Gasteiger partial charge on any atom is -0.454 e. The van der Waals surface area contributed by atoms with E-state index in [1.54, 1.807) is 25.1 Å². The number of ether oxygens (including phenoxy) is 2. The highest BCUT2D eigenvalue weighted by Gasteiger charge is 2.23. The number of carbonyl (C=O) groups is 1. The van der Waals surface area contributed by atoms with Crippen molar-refractivity contribution in [3.05, 3.63) is 39.7 Å². The van der Waals surface area contributed by atoms with Crippen LogP contribution < -0.4 is 15.5 Å². The van der Waals surface area contributed by atoms with Gasteiger partial charge in [-0.05, 0) is 6.07 Å². The number of nitro benzene ring substituents is 1. The van der Waals surface area contributed by atoms with Crippen LogP contribution in [0.2, 0.25) is 0 Å². The second kappa shape index (κ2) is 8.65. The molecule has 12 nitrogen and oxygen atoms in total. The molecule has 1 aliphatic rings. The number of nitrogens with two attached hydrogens (primary N) is 1. The van der Waals surface area contributed by atoms with E-state index in [0.717, 1.165) is 0 Å². The number of morpholine rings is 1. The van der Waals surface area contributed by atoms with Crippen LogP contribution in [-0.2, 0) is 16.1 Å². The van der Waals surface area contributed by atoms with Gasteiger partial charge in [-0.15, -0.1) is 0 Å². The molecule has 0 radical (unpaired) electrons. The van der Waals surface area contributed by atoms with Crippen LogP contribution in [-0.4, -0.2) is 66.2 Å². The molecule has 29 heavy (non-hydrogen) atoms. The Labute approximate surface area is 166 Å². The van der Waals surface area contributed by atoms with E-state index in [4.69, 9.17) is 15.2 Å². The van der Waals surface area contributed by atoms with Crippen LogP contribution in [0.25, 0.3) is 0 Å². The van der Waals surface area contributed by atoms with Crippen LogP contribution in [0.15, 0.2) is 18.2 Å². The number of carbonyl (C=O) groups excluding carboxylic acids is 1. The molecule has 3 rings (SSSR count). The first-order chi connectivity index (χ1) is 13.8. The van der Waals surface area contributed by atoms with Gasteiger partial charge in [-0.2, -0.15) is 15.0 Å². The van der Waals surface area contributed by atoms with Crippen LogP contribution in [0.5, 0.6) is 0 Å². The van der Waals surface area contributed by atoms with Gasteiger partial charge in [0.05, 0.1) is 29.4 Å². The van der Waals surface area contributed by atoms with Gasteiger partial charge in [-0.3, -0.25) is 10.1 Å². The Balaban J connectivity index is 1.83. The monoisotopic (exact) mass is 403 g/mol. The largest absolute Gasteiger partial charge is 0.454 e. The Morgan fingerprint density at radius 1 is 1.31 bits per heavy atom. The standard InChI is InChI=1S/C17H21N7O5/c1-22(2)17-20-14(19-16(18)21-17)10-29-15(25)12-9-11(24(26)27)3-4-13(12)23-5-7-28-8-6-23/h3-4,9H,5-8,10H2,1-2H3,(H2,18,19,20,21). The normalized spacial score (nSPS) is 13.8. The number of anilines is 3. The maximum atomic E-state index is 12.7. The molecule has 1 aromatic carbocycles. The number of nitrogen functional groups attached to an aromatic ring is 1. The highest BCUT2D eigenvalue weighted by atomic mass is 16.6. The third-order valence-corrected chi connectivity index (χ3v) is 4.18. The zero-order valence-electron chi connectivity index (χ0n) is 16.1. The molecule has 0 saturated carbocycles. The maximum Gasteiger partial charge on any atom is 0.340 e. The molecule has 1 aromatic heterocycles. The summed E-state index contributed by atoms with van der Waals surface area (Å²) in [4.78, 5) is 39.0. The molecule has 1 saturated heterocycles. The molecular weight excluding hydrogens is 382 g/mol. The lowest BCUT2D eigenvalue weighted by molar-refractivity contribution is -0.384. The highest BCUT2D eigenvalue weighted by Crippen LogP contribution is 2.27. The molecule has 12 heteroatoms. The zero-order valence-corrected chi connectivity index (χ0v) is 16.1. The van der Waals surface area contributed by atoms with Crippen molar-refractivity contribution in [2.75, 3.05) is 55.9 Å². The number of aromatic nitrogens is 3. The lowest BCUT2D eigenvalue weighted by Gasteiger charge is -2.30. The van der Waals surface area contributed by atoms with Crippen molar-refractivity contribution in [3.8, 4) is 0 Å². The van der Waals surface area contributed by atoms with Crippen LogP contribution in [0.1, 0.15) is 16.2 Å². The number of hydrogen-bond donors (Lipinski definition) is 1. The van der Waals surface area contributed by atoms with E-state index >= 15 is 0 Å². The molecule has 0 amide bonds. The van der Waals surface area contributed by atoms with E-state index in [-0.39, 0.29) is 29.6 Å². The van der Waals surface area contributed by atoms with E-state index in [1.807, 2.05) is 4.90 Å². The molecule has 1 aliphatic heterocycles. The van der Waals surface area contributed by atoms with Gasteiger partial charge in [0.1, 0.15) is 0 Å². The molecule has 1 fully saturated rings. The summed E-state index contributed by atoms with van der Waals surface area (Å²) in [7, 11) is 3.48. The summed E-state index contributed by atoms with van der Waals surface area (Å²) in [5.41, 5.74) is 6.11. The molecule has 0 aliphatic carbocycles. The first kappa shape index (κ1) is 20.2. The second-order valence-corrected chi connectivity index (χ2v) is 6.44. The van der Waals surface area contributed by atoms with Gasteiger partial charge in [0, 0.05) is 39.3 Å². The van der Waals surface area contributed by atoms with Crippen molar-refractivity contribution < 1.29 is 19.2 Å². The molecule has 0 bridgehead atoms. The van der Waals surface area contributed by atoms with Crippen molar-refractivity contribution in [2.45, 2.75) is 6.61 Å². The van der Waals surface area contributed by atoms with Gasteiger partial charge >= 0.3 is 5.97 Å². The minimum absolute atomic E-state index is 0.000830. The molecular formula is C17H21N7O5. The van der Waals surface area contributed by atoms with Crippen molar-refractivity contribution in [2.24, 2.45) is 0 Å². The van der Waals surface area contributed by atoms with Gasteiger partial charge in [0.25, 0.3) is 5.69 Å². The van der Waals surface area contributed by atoms with Gasteiger partial charge < -0.3 is 25.0 Å². The fourth-order valence-electron chi connectivity index (χ4n) is 2.78. The predicted octanol–water partition coefficient (Wildman–Crippen LogP) is 0.622. The van der Waals surface area contributed by atoms with Crippen LogP contribution >= 0.6 is 0 Å². The van der Waals surface area contributed by atoms with Gasteiger partial charge in [0.2, 0.25) is 11.9 Å². The van der Waals surface area contributed by atoms with E-state index in [0.29, 0.717) is 37.9 Å². The molecule has 0 atom stereocenters. The average Bonchev–Trinajstić information content (AvgIpc) is 2.71. The highest BCUT2D eigenvalue weighted by molar-refractivity contribution is 5.96. The summed E-state index contributed by atoms with van der Waals surface area (Å²) in [6, 6.07) is 4.11. The number of hydrogen-bond acceptors (Lipinski definition) is 11. The summed E-state index contributed by atoms with van der Waals surface area (Å²) in [5, 5.41) is 11.2. The molecule has 2 heterocycles. The number of nitrogens with zero attached hydrogens (tertiary/aromatic N) is 6. The van der Waals surface area contributed by atoms with Crippen molar-refractivity contribution in [3.63, 3.8) is 0 Å². The fourth-order valence-corrected chi connectivity index (χ4v) is 2.78. The molecule has 154 valence electrons. The summed E-state index contributed by atoms with van der Waals surface area (Å²) < 4.78 is 10.6. The molecule has 0 spiro atoms. The van der Waals surface area contributed by atoms with E-state index < -0.39 is 10.9 Å². The first-order valence-electron chi connectivity index (χ1n) is 8.81. The first-order valence-corrected chi connectivity index (χ1v) is 8.81. The SMILES string of the molecule is CN(C)c1nc(N)nc(COC(=O)c2cc([N+](=O)[O-])ccc2N2CCOCC2)n1. The van der Waals surface area contributed by atoms with Gasteiger partial charge in [-0.1, -0.05) is 0 Å². The predicted molar refractivity (Wildman–Crippen MR) is 104 cm³/mol. The smallest absolute Gasteiger partial charge is 0.340 e. The minimum atomic E-state index is -0.722. The number of esters is 1. The van der Waals surface area contributed by atoms with Crippen LogP contribution in [0, 0.1) is 10.1 Å². The van der Waals surface area contributed by atoms with Crippen molar-refractivity contribution >= 4 is 29.2 Å². The average molecular weight is 403 g/mol. The lowest BCUT2D eigenvalue weighted by Crippen LogP contribution is -2.37. The topological polar surface area (TPSA) is 150 Å². The van der Waals surface area contributed by atoms with Gasteiger partial charge in [0.15, 0.2) is 12.4 Å². The van der Waals surface area contributed by atoms with Crippen molar-refractivity contribution in [1.82, 2.24) is 15.0 Å². The van der Waals surface area contributed by atoms with Crippen molar-refractivity contribution in [1.29, 1.82) is 0 Å². The lowest BCUT2D eigenvalue weighted by atomic mass is 10.1. The van der Waals surface area contributed by atoms with E-state index in [1.165, 1.54) is 12.1 Å². The molecule has 2 aromatic rings. The van der Waals surface area contributed by atoms with Crippen LogP contribution in [0.4, 0.5) is 23.3 Å². The maximum absolute atomic E-state index is 12.7. The summed E-state index contributed by atoms with van der Waals surface area (Å²) in [6.07, 6.45) is 0. The second-order valence-electron chi connectivity index (χ2n) is 6.44. The number of rotatable bonds is 6. The number of benzene rings is 1. The number of non-ortho nitro benzene ring substituents is 1. The Kier molecular flexibility index (Phi) is 6.02. The molecule has 0 unspecified atom stereocenters. The quantitative estimate of drug-likeness (QED) is 0.411. The Hall–Kier alpha value is -3.54. The molecule has 2 N–H and O–H groups in total. The Morgan fingerprint density at radius 3 is 2.69 bits per heavy atom. The van der Waals surface area contributed by atoms with E-state index in [2.05, 4.69) is 15.0 Å². The summed E-state index contributed by atoms with van der Waals surface area (Å²) in [6.45, 7) is 1.88. The summed E-state index contributed by atoms with van der Waals surface area (Å²) >= 11 is 0.